The van der Waals surface area contributed by atoms with Crippen molar-refractivity contribution in [3.63, 3.8) is 0 Å². The minimum Gasteiger partial charge on any atom is -0.469 e. The molecule has 0 aliphatic rings. The van der Waals surface area contributed by atoms with Crippen LogP contribution in [0.25, 0.3) is 5.57 Å². The van der Waals surface area contributed by atoms with Gasteiger partial charge in [-0.1, -0.05) is 42.3 Å². The fourth-order valence-corrected chi connectivity index (χ4v) is 1.46. The van der Waals surface area contributed by atoms with Crippen LogP contribution < -0.4 is 0 Å². The molecule has 1 aromatic rings. The molecule has 4 heteroatoms. The Kier molecular flexibility index (Phi) is 6.63. The maximum Gasteiger partial charge on any atom is 0.384 e. The van der Waals surface area contributed by atoms with E-state index in [0.29, 0.717) is 12.0 Å². The smallest absolute Gasteiger partial charge is 0.384 e. The van der Waals surface area contributed by atoms with Crippen molar-refractivity contribution < 1.29 is 19.1 Å². The number of carbonyl (C=O) groups is 2. The first-order valence-corrected chi connectivity index (χ1v) is 6.09. The molecule has 0 unspecified atom stereocenters. The molecule has 4 nitrogen and oxygen atoms in total. The van der Waals surface area contributed by atoms with Gasteiger partial charge in [0.2, 0.25) is 0 Å². The standard InChI is InChI=1S/C16H16O4/c1-19-15(17)10-6-9-14(11-12-16(18)20-2)13-7-4-3-5-8-13/h3-5,7-9H,6,10H2,1-2H3/b14-9-. The average Bonchev–Trinajstić information content (AvgIpc) is 2.50. The van der Waals surface area contributed by atoms with Crippen molar-refractivity contribution in [2.24, 2.45) is 0 Å². The van der Waals surface area contributed by atoms with E-state index < -0.39 is 5.97 Å². The highest BCUT2D eigenvalue weighted by molar-refractivity contribution is 5.93. The third-order valence-electron chi connectivity index (χ3n) is 2.49. The zero-order valence-electron chi connectivity index (χ0n) is 11.5. The predicted molar refractivity (Wildman–Crippen MR) is 75.5 cm³/mol. The Labute approximate surface area is 118 Å². The lowest BCUT2D eigenvalue weighted by Crippen LogP contribution is -1.98. The topological polar surface area (TPSA) is 52.6 Å². The van der Waals surface area contributed by atoms with Crippen molar-refractivity contribution in [2.75, 3.05) is 14.2 Å². The maximum absolute atomic E-state index is 11.1. The Balaban J connectivity index is 2.89. The Morgan fingerprint density at radius 3 is 2.40 bits per heavy atom. The second kappa shape index (κ2) is 8.54. The van der Waals surface area contributed by atoms with Gasteiger partial charge in [0.15, 0.2) is 0 Å². The summed E-state index contributed by atoms with van der Waals surface area (Å²) in [7, 11) is 2.63. The van der Waals surface area contributed by atoms with Crippen LogP contribution in [0.5, 0.6) is 0 Å². The summed E-state index contributed by atoms with van der Waals surface area (Å²) in [6.07, 6.45) is 2.57. The van der Waals surface area contributed by atoms with Gasteiger partial charge in [-0.25, -0.2) is 4.79 Å². The fourth-order valence-electron chi connectivity index (χ4n) is 1.46. The second-order valence-corrected chi connectivity index (χ2v) is 3.84. The molecule has 0 fully saturated rings. The third kappa shape index (κ3) is 5.40. The van der Waals surface area contributed by atoms with E-state index in [1.165, 1.54) is 14.2 Å². The number of benzene rings is 1. The Morgan fingerprint density at radius 2 is 1.80 bits per heavy atom. The lowest BCUT2D eigenvalue weighted by Gasteiger charge is -2.00. The molecule has 20 heavy (non-hydrogen) atoms. The van der Waals surface area contributed by atoms with E-state index in [2.05, 4.69) is 21.3 Å². The van der Waals surface area contributed by atoms with Crippen LogP contribution >= 0.6 is 0 Å². The molecule has 0 saturated carbocycles. The number of methoxy groups -OCH3 is 2. The molecule has 0 saturated heterocycles. The van der Waals surface area contributed by atoms with Gasteiger partial charge in [-0.15, -0.1) is 0 Å². The van der Waals surface area contributed by atoms with Gasteiger partial charge in [0.1, 0.15) is 0 Å². The summed E-state index contributed by atoms with van der Waals surface area (Å²) in [5, 5.41) is 0. The first-order chi connectivity index (χ1) is 9.67. The van der Waals surface area contributed by atoms with E-state index in [1.54, 1.807) is 0 Å². The van der Waals surface area contributed by atoms with Gasteiger partial charge in [0, 0.05) is 17.9 Å². The molecule has 0 N–H and O–H groups in total. The van der Waals surface area contributed by atoms with Gasteiger partial charge in [-0.2, -0.15) is 0 Å². The number of rotatable bonds is 4. The molecule has 0 heterocycles. The molecule has 0 aliphatic carbocycles. The van der Waals surface area contributed by atoms with E-state index in [-0.39, 0.29) is 12.4 Å². The van der Waals surface area contributed by atoms with Gasteiger partial charge in [0.25, 0.3) is 0 Å². The lowest BCUT2D eigenvalue weighted by molar-refractivity contribution is -0.140. The zero-order valence-corrected chi connectivity index (χ0v) is 11.5. The molecule has 0 spiro atoms. The van der Waals surface area contributed by atoms with E-state index in [0.717, 1.165) is 5.56 Å². The fraction of sp³-hybridized carbons (Fsp3) is 0.250. The summed E-state index contributed by atoms with van der Waals surface area (Å²) >= 11 is 0. The van der Waals surface area contributed by atoms with E-state index in [1.807, 2.05) is 36.4 Å². The van der Waals surface area contributed by atoms with Crippen LogP contribution in [0, 0.1) is 11.8 Å². The summed E-state index contributed by atoms with van der Waals surface area (Å²) in [5.74, 6) is 4.27. The quantitative estimate of drug-likeness (QED) is 0.479. The van der Waals surface area contributed by atoms with Crippen molar-refractivity contribution in [1.82, 2.24) is 0 Å². The molecule has 0 atom stereocenters. The number of hydrogen-bond donors (Lipinski definition) is 0. The van der Waals surface area contributed by atoms with E-state index in [9.17, 15) is 9.59 Å². The zero-order chi connectivity index (χ0) is 14.8. The lowest BCUT2D eigenvalue weighted by atomic mass is 10.0. The van der Waals surface area contributed by atoms with Gasteiger partial charge in [-0.05, 0) is 12.0 Å². The van der Waals surface area contributed by atoms with Gasteiger partial charge in [0.05, 0.1) is 14.2 Å². The van der Waals surface area contributed by atoms with Crippen LogP contribution in [0.3, 0.4) is 0 Å². The normalized spacial score (nSPS) is 10.2. The maximum atomic E-state index is 11.1. The monoisotopic (exact) mass is 272 g/mol. The van der Waals surface area contributed by atoms with Crippen molar-refractivity contribution in [3.05, 3.63) is 42.0 Å². The van der Waals surface area contributed by atoms with Crippen LogP contribution in [0.1, 0.15) is 18.4 Å². The Hall–Kier alpha value is -2.54. The highest BCUT2D eigenvalue weighted by atomic mass is 16.5. The molecule has 0 amide bonds. The minimum absolute atomic E-state index is 0.271. The summed E-state index contributed by atoms with van der Waals surface area (Å²) < 4.78 is 9.06. The summed E-state index contributed by atoms with van der Waals surface area (Å²) in [4.78, 5) is 22.2. The van der Waals surface area contributed by atoms with Crippen LogP contribution in [0.4, 0.5) is 0 Å². The number of carbonyl (C=O) groups excluding carboxylic acids is 2. The van der Waals surface area contributed by atoms with Crippen LogP contribution in [-0.4, -0.2) is 26.2 Å². The number of ether oxygens (including phenoxy) is 2. The number of esters is 2. The summed E-state index contributed by atoms with van der Waals surface area (Å²) in [6.45, 7) is 0. The minimum atomic E-state index is -0.597. The van der Waals surface area contributed by atoms with Crippen molar-refractivity contribution in [2.45, 2.75) is 12.8 Å². The molecule has 1 rings (SSSR count). The highest BCUT2D eigenvalue weighted by Crippen LogP contribution is 2.14. The molecule has 0 radical (unpaired) electrons. The van der Waals surface area contributed by atoms with Crippen molar-refractivity contribution in [1.29, 1.82) is 0 Å². The molecular formula is C16H16O4. The van der Waals surface area contributed by atoms with Crippen LogP contribution in [0.2, 0.25) is 0 Å². The van der Waals surface area contributed by atoms with Crippen LogP contribution in [-0.2, 0) is 19.1 Å². The van der Waals surface area contributed by atoms with Gasteiger partial charge in [-0.3, -0.25) is 4.79 Å². The van der Waals surface area contributed by atoms with Crippen molar-refractivity contribution >= 4 is 17.5 Å². The number of allylic oxidation sites excluding steroid dienone is 2. The Morgan fingerprint density at radius 1 is 1.10 bits per heavy atom. The molecule has 1 aromatic carbocycles. The number of hydrogen-bond acceptors (Lipinski definition) is 4. The average molecular weight is 272 g/mol. The second-order valence-electron chi connectivity index (χ2n) is 3.84. The van der Waals surface area contributed by atoms with Gasteiger partial charge < -0.3 is 9.47 Å². The molecular weight excluding hydrogens is 256 g/mol. The summed E-state index contributed by atoms with van der Waals surface area (Å²) in [6, 6.07) is 9.42. The van der Waals surface area contributed by atoms with E-state index >= 15 is 0 Å². The summed E-state index contributed by atoms with van der Waals surface area (Å²) in [5.41, 5.74) is 1.56. The van der Waals surface area contributed by atoms with Crippen molar-refractivity contribution in [3.8, 4) is 11.8 Å². The largest absolute Gasteiger partial charge is 0.469 e. The molecule has 0 aliphatic heterocycles. The molecule has 104 valence electrons. The molecule has 0 bridgehead atoms. The SMILES string of the molecule is COC(=O)C#C/C(=C/CCC(=O)OC)c1ccccc1. The van der Waals surface area contributed by atoms with Crippen LogP contribution in [0.15, 0.2) is 36.4 Å². The van der Waals surface area contributed by atoms with Gasteiger partial charge >= 0.3 is 11.9 Å². The third-order valence-corrected chi connectivity index (χ3v) is 2.49. The van der Waals surface area contributed by atoms with E-state index in [4.69, 9.17) is 0 Å². The Bertz CT molecular complexity index is 547. The predicted octanol–water partition coefficient (Wildman–Crippen LogP) is 2.20. The highest BCUT2D eigenvalue weighted by Gasteiger charge is 2.01. The molecule has 0 aromatic heterocycles. The first kappa shape index (κ1) is 15.5. The first-order valence-electron chi connectivity index (χ1n) is 6.09.